The summed E-state index contributed by atoms with van der Waals surface area (Å²) in [6, 6.07) is 0. The van der Waals surface area contributed by atoms with E-state index in [-0.39, 0.29) is 24.5 Å². The first-order chi connectivity index (χ1) is 11.7. The Labute approximate surface area is 145 Å². The molecule has 0 N–H and O–H groups in total. The summed E-state index contributed by atoms with van der Waals surface area (Å²) in [4.78, 5) is 29.2. The molecule has 2 heterocycles. The van der Waals surface area contributed by atoms with Crippen molar-refractivity contribution in [3.63, 3.8) is 0 Å². The van der Waals surface area contributed by atoms with Crippen LogP contribution in [0.2, 0.25) is 0 Å². The molecule has 0 spiro atoms. The zero-order valence-corrected chi connectivity index (χ0v) is 14.7. The number of allylic oxidation sites excluding steroid dienone is 1. The highest BCUT2D eigenvalue weighted by Crippen LogP contribution is 2.21. The third-order valence-corrected chi connectivity index (χ3v) is 5.34. The van der Waals surface area contributed by atoms with Crippen LogP contribution in [0.5, 0.6) is 0 Å². The summed E-state index contributed by atoms with van der Waals surface area (Å²) >= 11 is 0. The number of nitrogens with zero attached hydrogens (tertiary/aromatic N) is 2. The molecule has 5 heteroatoms. The van der Waals surface area contributed by atoms with Crippen LogP contribution in [-0.2, 0) is 14.3 Å². The topological polar surface area (TPSA) is 49.9 Å². The van der Waals surface area contributed by atoms with Crippen molar-refractivity contribution < 1.29 is 14.3 Å². The van der Waals surface area contributed by atoms with Crippen LogP contribution in [0.3, 0.4) is 0 Å². The van der Waals surface area contributed by atoms with Gasteiger partial charge in [0.1, 0.15) is 6.54 Å². The predicted molar refractivity (Wildman–Crippen MR) is 92.5 cm³/mol. The number of carbonyl (C=O) groups is 2. The first-order valence-corrected chi connectivity index (χ1v) is 9.62. The highest BCUT2D eigenvalue weighted by Gasteiger charge is 2.28. The van der Waals surface area contributed by atoms with Gasteiger partial charge in [0.15, 0.2) is 0 Å². The van der Waals surface area contributed by atoms with Crippen molar-refractivity contribution in [2.45, 2.75) is 63.9 Å². The molecule has 0 bridgehead atoms. The van der Waals surface area contributed by atoms with E-state index in [9.17, 15) is 9.59 Å². The fourth-order valence-corrected chi connectivity index (χ4v) is 3.90. The van der Waals surface area contributed by atoms with Gasteiger partial charge in [0, 0.05) is 31.8 Å². The molecule has 0 saturated carbocycles. The number of hydrogen-bond donors (Lipinski definition) is 0. The van der Waals surface area contributed by atoms with Gasteiger partial charge in [0.25, 0.3) is 0 Å². The van der Waals surface area contributed by atoms with Gasteiger partial charge in [-0.25, -0.2) is 0 Å². The van der Waals surface area contributed by atoms with E-state index in [1.54, 1.807) is 4.90 Å². The smallest absolute Gasteiger partial charge is 0.250 e. The Bertz CT molecular complexity index is 477. The molecular weight excluding hydrogens is 304 g/mol. The van der Waals surface area contributed by atoms with Crippen LogP contribution in [-0.4, -0.2) is 60.5 Å². The molecule has 24 heavy (non-hydrogen) atoms. The molecule has 1 aliphatic carbocycles. The highest BCUT2D eigenvalue weighted by molar-refractivity contribution is 5.96. The third-order valence-electron chi connectivity index (χ3n) is 5.34. The number of likely N-dealkylation sites (tertiary alicyclic amines) is 1. The van der Waals surface area contributed by atoms with Crippen LogP contribution in [0.4, 0.5) is 0 Å². The van der Waals surface area contributed by atoms with E-state index in [0.717, 1.165) is 76.6 Å². The minimum atomic E-state index is 0.0555. The summed E-state index contributed by atoms with van der Waals surface area (Å²) < 4.78 is 5.71. The molecule has 2 fully saturated rings. The second kappa shape index (κ2) is 8.65. The van der Waals surface area contributed by atoms with E-state index in [0.29, 0.717) is 6.54 Å². The number of amides is 2. The maximum absolute atomic E-state index is 13.0. The van der Waals surface area contributed by atoms with Crippen LogP contribution < -0.4 is 0 Å². The van der Waals surface area contributed by atoms with Gasteiger partial charge in [0.05, 0.1) is 6.10 Å². The predicted octanol–water partition coefficient (Wildman–Crippen LogP) is 2.51. The average molecular weight is 334 g/mol. The number of hydrogen-bond acceptors (Lipinski definition) is 3. The second-order valence-electron chi connectivity index (χ2n) is 7.24. The van der Waals surface area contributed by atoms with Crippen molar-refractivity contribution >= 4 is 11.8 Å². The molecule has 0 unspecified atom stereocenters. The zero-order chi connectivity index (χ0) is 16.8. The van der Waals surface area contributed by atoms with Crippen molar-refractivity contribution in [3.8, 4) is 0 Å². The Kier molecular flexibility index (Phi) is 6.30. The van der Waals surface area contributed by atoms with E-state index in [4.69, 9.17) is 4.74 Å². The molecule has 134 valence electrons. The summed E-state index contributed by atoms with van der Waals surface area (Å²) in [5.74, 6) is 0.146. The lowest BCUT2D eigenvalue weighted by Crippen LogP contribution is -2.45. The fraction of sp³-hybridized carbons (Fsp3) is 0.789. The Morgan fingerprint density at radius 3 is 2.71 bits per heavy atom. The van der Waals surface area contributed by atoms with Crippen LogP contribution in [0.25, 0.3) is 0 Å². The van der Waals surface area contributed by atoms with Crippen LogP contribution in [0, 0.1) is 0 Å². The molecule has 5 nitrogen and oxygen atoms in total. The van der Waals surface area contributed by atoms with Gasteiger partial charge in [-0.1, -0.05) is 12.5 Å². The number of carbonyl (C=O) groups excluding carboxylic acids is 2. The van der Waals surface area contributed by atoms with E-state index in [1.807, 2.05) is 4.90 Å². The van der Waals surface area contributed by atoms with Crippen molar-refractivity contribution in [1.29, 1.82) is 0 Å². The van der Waals surface area contributed by atoms with Gasteiger partial charge in [0.2, 0.25) is 11.8 Å². The van der Waals surface area contributed by atoms with Crippen molar-refractivity contribution in [2.75, 3.05) is 32.8 Å². The Morgan fingerprint density at radius 2 is 1.96 bits per heavy atom. The second-order valence-corrected chi connectivity index (χ2v) is 7.24. The molecule has 0 aromatic carbocycles. The van der Waals surface area contributed by atoms with Crippen molar-refractivity contribution in [3.05, 3.63) is 11.6 Å². The Balaban J connectivity index is 1.66. The van der Waals surface area contributed by atoms with E-state index < -0.39 is 0 Å². The molecule has 1 atom stereocenters. The summed E-state index contributed by atoms with van der Waals surface area (Å²) in [5.41, 5.74) is 0.903. The van der Waals surface area contributed by atoms with Crippen molar-refractivity contribution in [1.82, 2.24) is 9.80 Å². The van der Waals surface area contributed by atoms with Gasteiger partial charge < -0.3 is 14.5 Å². The van der Waals surface area contributed by atoms with Crippen LogP contribution in [0.15, 0.2) is 11.6 Å². The highest BCUT2D eigenvalue weighted by atomic mass is 16.5. The fourth-order valence-electron chi connectivity index (χ4n) is 3.90. The van der Waals surface area contributed by atoms with Gasteiger partial charge >= 0.3 is 0 Å². The maximum atomic E-state index is 13.0. The third kappa shape index (κ3) is 4.59. The number of ether oxygens (including phenoxy) is 1. The molecule has 0 aromatic rings. The summed E-state index contributed by atoms with van der Waals surface area (Å²) in [6.45, 7) is 3.20. The summed E-state index contributed by atoms with van der Waals surface area (Å²) in [6.07, 6.45) is 11.6. The van der Waals surface area contributed by atoms with Crippen LogP contribution >= 0.6 is 0 Å². The lowest BCUT2D eigenvalue weighted by Gasteiger charge is -2.28. The Hall–Kier alpha value is -1.36. The van der Waals surface area contributed by atoms with Crippen molar-refractivity contribution in [2.24, 2.45) is 0 Å². The van der Waals surface area contributed by atoms with Gasteiger partial charge in [-0.2, -0.15) is 0 Å². The maximum Gasteiger partial charge on any atom is 0.250 e. The zero-order valence-electron chi connectivity index (χ0n) is 14.7. The van der Waals surface area contributed by atoms with Gasteiger partial charge in [-0.05, 0) is 51.4 Å². The largest absolute Gasteiger partial charge is 0.376 e. The summed E-state index contributed by atoms with van der Waals surface area (Å²) in [5, 5.41) is 0. The first-order valence-electron chi connectivity index (χ1n) is 9.62. The SMILES string of the molecule is O=C(CN(C[C@H]1CCCO1)C(=O)C1=CCCCCC1)N1CCCC1. The summed E-state index contributed by atoms with van der Waals surface area (Å²) in [7, 11) is 0. The Morgan fingerprint density at radius 1 is 1.12 bits per heavy atom. The quantitative estimate of drug-likeness (QED) is 0.776. The van der Waals surface area contributed by atoms with Gasteiger partial charge in [-0.15, -0.1) is 0 Å². The van der Waals surface area contributed by atoms with E-state index >= 15 is 0 Å². The lowest BCUT2D eigenvalue weighted by atomic mass is 10.1. The first kappa shape index (κ1) is 17.5. The molecule has 0 aromatic heterocycles. The number of rotatable bonds is 5. The minimum absolute atomic E-state index is 0.0555. The standard InChI is InChI=1S/C19H30N2O3/c22-18(20-11-5-6-12-20)15-21(14-17-10-7-13-24-17)19(23)16-8-3-1-2-4-9-16/h8,17H,1-7,9-15H2/t17-/m1/s1. The minimum Gasteiger partial charge on any atom is -0.376 e. The average Bonchev–Trinajstić information content (AvgIpc) is 3.23. The molecule has 2 aliphatic heterocycles. The molecular formula is C19H30N2O3. The van der Waals surface area contributed by atoms with Gasteiger partial charge in [-0.3, -0.25) is 9.59 Å². The monoisotopic (exact) mass is 334 g/mol. The van der Waals surface area contributed by atoms with E-state index in [2.05, 4.69) is 6.08 Å². The molecule has 3 rings (SSSR count). The molecule has 2 amide bonds. The molecule has 2 saturated heterocycles. The normalized spacial score (nSPS) is 24.6. The van der Waals surface area contributed by atoms with E-state index in [1.165, 1.54) is 6.42 Å². The molecule has 3 aliphatic rings. The van der Waals surface area contributed by atoms with Crippen LogP contribution in [0.1, 0.15) is 57.8 Å². The molecule has 0 radical (unpaired) electrons. The lowest BCUT2D eigenvalue weighted by molar-refractivity contribution is -0.139.